The molecule has 0 unspecified atom stereocenters. The Morgan fingerprint density at radius 1 is 0.880 bits per heavy atom. The summed E-state index contributed by atoms with van der Waals surface area (Å²) in [4.78, 5) is 11.5. The Labute approximate surface area is 147 Å². The lowest BCUT2D eigenvalue weighted by Crippen LogP contribution is -2.52. The van der Waals surface area contributed by atoms with Gasteiger partial charge in [0.1, 0.15) is 5.76 Å². The molecular formula is C21H22O4. The number of ether oxygens (including phenoxy) is 2. The molecular weight excluding hydrogens is 316 g/mol. The molecule has 0 saturated carbocycles. The van der Waals surface area contributed by atoms with Gasteiger partial charge in [-0.25, -0.2) is 0 Å². The molecule has 2 aromatic rings. The highest BCUT2D eigenvalue weighted by Gasteiger charge is 2.56. The Morgan fingerprint density at radius 3 is 2.16 bits per heavy atom. The Bertz CT molecular complexity index is 763. The Hall–Kier alpha value is -2.14. The smallest absolute Gasteiger partial charge is 0.296 e. The van der Waals surface area contributed by atoms with Gasteiger partial charge in [0.25, 0.3) is 5.79 Å². The second-order valence-corrected chi connectivity index (χ2v) is 7.47. The van der Waals surface area contributed by atoms with Crippen molar-refractivity contribution >= 4 is 5.76 Å². The Balaban J connectivity index is 1.73. The molecule has 0 bridgehead atoms. The zero-order chi connectivity index (χ0) is 17.5. The van der Waals surface area contributed by atoms with Crippen LogP contribution >= 0.6 is 0 Å². The van der Waals surface area contributed by atoms with Gasteiger partial charge >= 0.3 is 0 Å². The lowest BCUT2D eigenvalue weighted by atomic mass is 9.94. The summed E-state index contributed by atoms with van der Waals surface area (Å²) in [6.45, 7) is 6.15. The van der Waals surface area contributed by atoms with Gasteiger partial charge in [-0.15, -0.1) is 0 Å². The van der Waals surface area contributed by atoms with Crippen LogP contribution in [0.5, 0.6) is 0 Å². The summed E-state index contributed by atoms with van der Waals surface area (Å²) in [5.74, 6) is -0.401. The number of fused-ring (bicyclic) bond motifs is 1. The van der Waals surface area contributed by atoms with E-state index >= 15 is 0 Å². The SMILES string of the molecule is CC(C)(C)[C@@H]1OO[C@@]2(c3ccccc3)OC(c3ccccc3)=C[C@H]2O1. The number of rotatable bonds is 2. The third-order valence-electron chi connectivity index (χ3n) is 4.41. The van der Waals surface area contributed by atoms with Gasteiger partial charge in [0.2, 0.25) is 0 Å². The third kappa shape index (κ3) is 2.86. The molecule has 0 N–H and O–H groups in total. The van der Waals surface area contributed by atoms with E-state index in [9.17, 15) is 0 Å². The predicted octanol–water partition coefficient (Wildman–Crippen LogP) is 4.63. The second kappa shape index (κ2) is 5.99. The van der Waals surface area contributed by atoms with Crippen molar-refractivity contribution in [2.24, 2.45) is 5.41 Å². The molecule has 0 aromatic heterocycles. The number of benzene rings is 2. The molecule has 25 heavy (non-hydrogen) atoms. The second-order valence-electron chi connectivity index (χ2n) is 7.47. The molecule has 2 aliphatic heterocycles. The van der Waals surface area contributed by atoms with Crippen LogP contribution in [-0.4, -0.2) is 12.4 Å². The van der Waals surface area contributed by atoms with Gasteiger partial charge in [0.15, 0.2) is 12.4 Å². The van der Waals surface area contributed by atoms with Crippen LogP contribution in [-0.2, 0) is 25.0 Å². The lowest BCUT2D eigenvalue weighted by Gasteiger charge is -2.43. The van der Waals surface area contributed by atoms with Crippen molar-refractivity contribution in [3.8, 4) is 0 Å². The number of hydrogen-bond acceptors (Lipinski definition) is 4. The van der Waals surface area contributed by atoms with Gasteiger partial charge in [0.05, 0.1) is 0 Å². The van der Waals surface area contributed by atoms with E-state index in [1.807, 2.05) is 87.5 Å². The molecule has 2 aromatic carbocycles. The normalized spacial score (nSPS) is 28.8. The minimum Gasteiger partial charge on any atom is -0.452 e. The van der Waals surface area contributed by atoms with Crippen molar-refractivity contribution < 1.29 is 19.2 Å². The molecule has 1 fully saturated rings. The molecule has 0 amide bonds. The monoisotopic (exact) mass is 338 g/mol. The van der Waals surface area contributed by atoms with Gasteiger partial charge in [-0.3, -0.25) is 0 Å². The topological polar surface area (TPSA) is 36.9 Å². The molecule has 130 valence electrons. The van der Waals surface area contributed by atoms with Crippen molar-refractivity contribution in [3.05, 3.63) is 77.9 Å². The predicted molar refractivity (Wildman–Crippen MR) is 93.9 cm³/mol. The van der Waals surface area contributed by atoms with Crippen LogP contribution in [0.25, 0.3) is 5.76 Å². The first-order valence-electron chi connectivity index (χ1n) is 8.51. The maximum absolute atomic E-state index is 6.27. The van der Waals surface area contributed by atoms with E-state index in [4.69, 9.17) is 19.2 Å². The van der Waals surface area contributed by atoms with Crippen LogP contribution in [0.2, 0.25) is 0 Å². The van der Waals surface area contributed by atoms with Crippen molar-refractivity contribution in [2.75, 3.05) is 0 Å². The zero-order valence-electron chi connectivity index (χ0n) is 14.6. The van der Waals surface area contributed by atoms with E-state index in [2.05, 4.69) is 0 Å². The fraction of sp³-hybridized carbons (Fsp3) is 0.333. The first kappa shape index (κ1) is 16.3. The van der Waals surface area contributed by atoms with Crippen LogP contribution < -0.4 is 0 Å². The zero-order valence-corrected chi connectivity index (χ0v) is 14.6. The van der Waals surface area contributed by atoms with E-state index in [0.717, 1.165) is 16.9 Å². The van der Waals surface area contributed by atoms with Crippen LogP contribution in [0.4, 0.5) is 0 Å². The number of hydrogen-bond donors (Lipinski definition) is 0. The fourth-order valence-corrected chi connectivity index (χ4v) is 3.01. The minimum absolute atomic E-state index is 0.216. The quantitative estimate of drug-likeness (QED) is 0.748. The first-order valence-corrected chi connectivity index (χ1v) is 8.51. The van der Waals surface area contributed by atoms with Crippen LogP contribution in [0.3, 0.4) is 0 Å². The Kier molecular flexibility index (Phi) is 3.91. The highest BCUT2D eigenvalue weighted by atomic mass is 17.3. The summed E-state index contributed by atoms with van der Waals surface area (Å²) in [5.41, 5.74) is 1.62. The summed E-state index contributed by atoms with van der Waals surface area (Å²) in [6.07, 6.45) is 1.09. The lowest BCUT2D eigenvalue weighted by molar-refractivity contribution is -0.537. The fourth-order valence-electron chi connectivity index (χ4n) is 3.01. The molecule has 0 aliphatic carbocycles. The highest BCUT2D eigenvalue weighted by molar-refractivity contribution is 5.63. The minimum atomic E-state index is -1.13. The van der Waals surface area contributed by atoms with Gasteiger partial charge in [0, 0.05) is 16.5 Å². The maximum atomic E-state index is 6.27. The van der Waals surface area contributed by atoms with Gasteiger partial charge in [-0.2, -0.15) is 9.78 Å². The van der Waals surface area contributed by atoms with E-state index in [0.29, 0.717) is 0 Å². The molecule has 2 heterocycles. The average Bonchev–Trinajstić information content (AvgIpc) is 3.02. The van der Waals surface area contributed by atoms with Crippen LogP contribution in [0.15, 0.2) is 66.7 Å². The van der Waals surface area contributed by atoms with Crippen molar-refractivity contribution in [1.29, 1.82) is 0 Å². The van der Waals surface area contributed by atoms with E-state index in [1.165, 1.54) is 0 Å². The molecule has 4 rings (SSSR count). The molecule has 4 heteroatoms. The van der Waals surface area contributed by atoms with Crippen LogP contribution in [0, 0.1) is 5.41 Å². The first-order chi connectivity index (χ1) is 12.0. The van der Waals surface area contributed by atoms with Gasteiger partial charge < -0.3 is 9.47 Å². The third-order valence-corrected chi connectivity index (χ3v) is 4.41. The van der Waals surface area contributed by atoms with Crippen molar-refractivity contribution in [2.45, 2.75) is 39.0 Å². The van der Waals surface area contributed by atoms with E-state index in [-0.39, 0.29) is 5.41 Å². The van der Waals surface area contributed by atoms with Crippen molar-refractivity contribution in [1.82, 2.24) is 0 Å². The largest absolute Gasteiger partial charge is 0.452 e. The van der Waals surface area contributed by atoms with Gasteiger partial charge in [-0.05, 0) is 6.08 Å². The standard InChI is InChI=1S/C21H22O4/c1-20(2,3)19-22-18-14-17(15-10-6-4-7-11-15)23-21(18,25-24-19)16-12-8-5-9-13-16/h4-14,18-19H,1-3H3/t18-,19+,21-/m1/s1. The Morgan fingerprint density at radius 2 is 1.52 bits per heavy atom. The van der Waals surface area contributed by atoms with Crippen molar-refractivity contribution in [3.63, 3.8) is 0 Å². The summed E-state index contributed by atoms with van der Waals surface area (Å²) < 4.78 is 12.5. The van der Waals surface area contributed by atoms with Crippen LogP contribution in [0.1, 0.15) is 31.9 Å². The average molecular weight is 338 g/mol. The summed E-state index contributed by atoms with van der Waals surface area (Å²) >= 11 is 0. The summed E-state index contributed by atoms with van der Waals surface area (Å²) in [6, 6.07) is 19.7. The molecule has 0 radical (unpaired) electrons. The molecule has 4 nitrogen and oxygen atoms in total. The molecule has 3 atom stereocenters. The summed E-state index contributed by atoms with van der Waals surface area (Å²) in [5, 5.41) is 0. The van der Waals surface area contributed by atoms with E-state index < -0.39 is 18.2 Å². The summed E-state index contributed by atoms with van der Waals surface area (Å²) in [7, 11) is 0. The highest BCUT2D eigenvalue weighted by Crippen LogP contribution is 2.48. The molecule has 2 aliphatic rings. The maximum Gasteiger partial charge on any atom is 0.296 e. The molecule has 1 saturated heterocycles. The van der Waals surface area contributed by atoms with E-state index in [1.54, 1.807) is 0 Å². The van der Waals surface area contributed by atoms with Gasteiger partial charge in [-0.1, -0.05) is 81.4 Å². The molecule has 0 spiro atoms.